The Bertz CT molecular complexity index is 555. The third kappa shape index (κ3) is 3.95. The quantitative estimate of drug-likeness (QED) is 0.851. The molecule has 0 saturated carbocycles. The first-order valence-electron chi connectivity index (χ1n) is 6.64. The van der Waals surface area contributed by atoms with Crippen LogP contribution in [0.2, 0.25) is 0 Å². The Morgan fingerprint density at radius 1 is 1.25 bits per heavy atom. The van der Waals surface area contributed by atoms with Gasteiger partial charge < -0.3 is 14.8 Å². The molecule has 1 aromatic heterocycles. The van der Waals surface area contributed by atoms with Crippen molar-refractivity contribution in [2.45, 2.75) is 26.9 Å². The van der Waals surface area contributed by atoms with Gasteiger partial charge in [-0.2, -0.15) is 0 Å². The number of hydrogen-bond donors (Lipinski definition) is 1. The maximum Gasteiger partial charge on any atom is 0.161 e. The minimum absolute atomic E-state index is 0.631. The normalized spacial score (nSPS) is 10.6. The molecule has 0 aliphatic rings. The number of thiazole rings is 1. The molecule has 0 atom stereocenters. The molecule has 0 fully saturated rings. The Morgan fingerprint density at radius 2 is 2.10 bits per heavy atom. The second kappa shape index (κ2) is 7.26. The van der Waals surface area contributed by atoms with Gasteiger partial charge in [0.05, 0.1) is 13.7 Å². The molecule has 2 aromatic rings. The maximum atomic E-state index is 5.57. The summed E-state index contributed by atoms with van der Waals surface area (Å²) in [6.45, 7) is 6.23. The van der Waals surface area contributed by atoms with Gasteiger partial charge in [0.15, 0.2) is 11.5 Å². The van der Waals surface area contributed by atoms with Crippen molar-refractivity contribution in [3.8, 4) is 11.5 Å². The van der Waals surface area contributed by atoms with Crippen LogP contribution in [0, 0.1) is 6.92 Å². The van der Waals surface area contributed by atoms with Gasteiger partial charge in [-0.1, -0.05) is 6.07 Å². The van der Waals surface area contributed by atoms with E-state index in [0.717, 1.165) is 29.6 Å². The fourth-order valence-electron chi connectivity index (χ4n) is 1.90. The van der Waals surface area contributed by atoms with Crippen molar-refractivity contribution in [2.75, 3.05) is 13.7 Å². The molecule has 20 heavy (non-hydrogen) atoms. The lowest BCUT2D eigenvalue weighted by molar-refractivity contribution is 0.310. The van der Waals surface area contributed by atoms with E-state index in [1.54, 1.807) is 18.4 Å². The van der Waals surface area contributed by atoms with Crippen molar-refractivity contribution < 1.29 is 9.47 Å². The lowest BCUT2D eigenvalue weighted by Crippen LogP contribution is -2.12. The van der Waals surface area contributed by atoms with Gasteiger partial charge in [-0.05, 0) is 31.5 Å². The van der Waals surface area contributed by atoms with E-state index >= 15 is 0 Å². The summed E-state index contributed by atoms with van der Waals surface area (Å²) in [4.78, 5) is 5.57. The molecule has 108 valence electrons. The van der Waals surface area contributed by atoms with Gasteiger partial charge in [-0.25, -0.2) is 4.98 Å². The summed E-state index contributed by atoms with van der Waals surface area (Å²) in [6, 6.07) is 6.00. The summed E-state index contributed by atoms with van der Waals surface area (Å²) in [5.74, 6) is 1.56. The molecule has 0 bridgehead atoms. The van der Waals surface area contributed by atoms with Crippen LogP contribution in [0.25, 0.3) is 0 Å². The minimum atomic E-state index is 0.631. The first-order chi connectivity index (χ1) is 9.72. The Morgan fingerprint density at radius 3 is 2.75 bits per heavy atom. The van der Waals surface area contributed by atoms with E-state index in [2.05, 4.69) is 17.2 Å². The summed E-state index contributed by atoms with van der Waals surface area (Å²) in [6.07, 6.45) is 1.91. The van der Waals surface area contributed by atoms with Crippen LogP contribution in [0.5, 0.6) is 11.5 Å². The monoisotopic (exact) mass is 292 g/mol. The lowest BCUT2D eigenvalue weighted by Gasteiger charge is -2.11. The number of aromatic nitrogens is 1. The molecule has 0 saturated heterocycles. The number of ether oxygens (including phenoxy) is 2. The van der Waals surface area contributed by atoms with E-state index in [9.17, 15) is 0 Å². The number of hydrogen-bond acceptors (Lipinski definition) is 5. The highest BCUT2D eigenvalue weighted by Gasteiger charge is 2.05. The highest BCUT2D eigenvalue weighted by atomic mass is 32.1. The first kappa shape index (κ1) is 14.8. The van der Waals surface area contributed by atoms with E-state index in [-0.39, 0.29) is 0 Å². The van der Waals surface area contributed by atoms with Gasteiger partial charge in [0.25, 0.3) is 0 Å². The zero-order valence-electron chi connectivity index (χ0n) is 12.1. The number of nitrogens with zero attached hydrogens (tertiary/aromatic N) is 1. The van der Waals surface area contributed by atoms with Crippen molar-refractivity contribution in [3.05, 3.63) is 39.8 Å². The van der Waals surface area contributed by atoms with Crippen LogP contribution >= 0.6 is 11.3 Å². The molecule has 0 unspecified atom stereocenters. The average Bonchev–Trinajstić information content (AvgIpc) is 2.85. The Kier molecular flexibility index (Phi) is 5.38. The Labute approximate surface area is 123 Å². The van der Waals surface area contributed by atoms with Gasteiger partial charge in [-0.3, -0.25) is 0 Å². The number of nitrogens with one attached hydrogen (secondary N) is 1. The standard InChI is InChI=1S/C15H20N2O2S/c1-4-19-14-7-12(5-6-13(14)18-3)9-16-10-15-17-8-11(2)20-15/h5-8,16H,4,9-10H2,1-3H3. The molecular weight excluding hydrogens is 272 g/mol. The molecule has 0 amide bonds. The Hall–Kier alpha value is -1.59. The summed E-state index contributed by atoms with van der Waals surface area (Å²) in [7, 11) is 1.65. The average molecular weight is 292 g/mol. The third-order valence-electron chi connectivity index (χ3n) is 2.80. The van der Waals surface area contributed by atoms with Crippen LogP contribution < -0.4 is 14.8 Å². The van der Waals surface area contributed by atoms with E-state index in [1.807, 2.05) is 31.3 Å². The predicted octanol–water partition coefficient (Wildman–Crippen LogP) is 3.15. The van der Waals surface area contributed by atoms with Gasteiger partial charge in [-0.15, -0.1) is 11.3 Å². The highest BCUT2D eigenvalue weighted by Crippen LogP contribution is 2.28. The molecule has 4 nitrogen and oxygen atoms in total. The molecule has 0 spiro atoms. The zero-order chi connectivity index (χ0) is 14.4. The predicted molar refractivity (Wildman–Crippen MR) is 81.6 cm³/mol. The van der Waals surface area contributed by atoms with E-state index in [1.165, 1.54) is 10.4 Å². The highest BCUT2D eigenvalue weighted by molar-refractivity contribution is 7.11. The molecule has 2 rings (SSSR count). The second-order valence-electron chi connectivity index (χ2n) is 4.39. The van der Waals surface area contributed by atoms with Crippen LogP contribution in [-0.2, 0) is 13.1 Å². The van der Waals surface area contributed by atoms with Gasteiger partial charge in [0, 0.05) is 24.2 Å². The molecule has 0 aliphatic heterocycles. The Balaban J connectivity index is 1.93. The number of benzene rings is 1. The van der Waals surface area contributed by atoms with E-state index in [0.29, 0.717) is 6.61 Å². The van der Waals surface area contributed by atoms with Crippen molar-refractivity contribution in [1.29, 1.82) is 0 Å². The summed E-state index contributed by atoms with van der Waals surface area (Å²) in [5, 5.41) is 4.50. The van der Waals surface area contributed by atoms with Crippen molar-refractivity contribution >= 4 is 11.3 Å². The zero-order valence-corrected chi connectivity index (χ0v) is 12.9. The van der Waals surface area contributed by atoms with Crippen LogP contribution in [0.4, 0.5) is 0 Å². The van der Waals surface area contributed by atoms with E-state index < -0.39 is 0 Å². The third-order valence-corrected chi connectivity index (χ3v) is 3.72. The minimum Gasteiger partial charge on any atom is -0.493 e. The van der Waals surface area contributed by atoms with Crippen LogP contribution in [0.3, 0.4) is 0 Å². The smallest absolute Gasteiger partial charge is 0.161 e. The number of methoxy groups -OCH3 is 1. The summed E-state index contributed by atoms with van der Waals surface area (Å²) >= 11 is 1.72. The van der Waals surface area contributed by atoms with Crippen molar-refractivity contribution in [2.24, 2.45) is 0 Å². The largest absolute Gasteiger partial charge is 0.493 e. The van der Waals surface area contributed by atoms with Crippen molar-refractivity contribution in [3.63, 3.8) is 0 Å². The molecule has 1 N–H and O–H groups in total. The molecule has 5 heteroatoms. The van der Waals surface area contributed by atoms with Gasteiger partial charge in [0.1, 0.15) is 5.01 Å². The van der Waals surface area contributed by atoms with Gasteiger partial charge in [0.2, 0.25) is 0 Å². The van der Waals surface area contributed by atoms with Crippen molar-refractivity contribution in [1.82, 2.24) is 10.3 Å². The molecule has 1 aromatic carbocycles. The maximum absolute atomic E-state index is 5.57. The SMILES string of the molecule is CCOc1cc(CNCc2ncc(C)s2)ccc1OC. The second-order valence-corrected chi connectivity index (χ2v) is 5.71. The lowest BCUT2D eigenvalue weighted by atomic mass is 10.2. The molecule has 0 radical (unpaired) electrons. The summed E-state index contributed by atoms with van der Waals surface area (Å²) in [5.41, 5.74) is 1.17. The number of rotatable bonds is 7. The van der Waals surface area contributed by atoms with Gasteiger partial charge >= 0.3 is 0 Å². The van der Waals surface area contributed by atoms with E-state index in [4.69, 9.17) is 9.47 Å². The molecule has 1 heterocycles. The van der Waals surface area contributed by atoms with Crippen LogP contribution in [0.1, 0.15) is 22.4 Å². The fourth-order valence-corrected chi connectivity index (χ4v) is 2.65. The first-order valence-corrected chi connectivity index (χ1v) is 7.46. The topological polar surface area (TPSA) is 43.4 Å². The fraction of sp³-hybridized carbons (Fsp3) is 0.400. The summed E-state index contributed by atoms with van der Waals surface area (Å²) < 4.78 is 10.8. The van der Waals surface area contributed by atoms with Crippen LogP contribution in [0.15, 0.2) is 24.4 Å². The van der Waals surface area contributed by atoms with Crippen LogP contribution in [-0.4, -0.2) is 18.7 Å². The number of aryl methyl sites for hydroxylation is 1. The molecule has 0 aliphatic carbocycles. The molecular formula is C15H20N2O2S.